The molecule has 0 bridgehead atoms. The van der Waals surface area contributed by atoms with Gasteiger partial charge in [0, 0.05) is 13.1 Å². The summed E-state index contributed by atoms with van der Waals surface area (Å²) in [6.07, 6.45) is 4.01. The molecule has 24 heavy (non-hydrogen) atoms. The minimum Gasteiger partial charge on any atom is -0.464 e. The summed E-state index contributed by atoms with van der Waals surface area (Å²) in [5, 5.41) is 2.76. The van der Waals surface area contributed by atoms with Crippen LogP contribution < -0.4 is 5.32 Å². The summed E-state index contributed by atoms with van der Waals surface area (Å²) >= 11 is 1.63. The molecular weight excluding hydrogens is 332 g/mol. The molecule has 0 spiro atoms. The number of nitrogens with one attached hydrogen (secondary N) is 1. The second-order valence-corrected chi connectivity index (χ2v) is 6.94. The van der Waals surface area contributed by atoms with E-state index in [-0.39, 0.29) is 12.5 Å². The number of nitrogens with zero attached hydrogens (tertiary/aromatic N) is 1. The second kappa shape index (κ2) is 9.27. The van der Waals surface area contributed by atoms with Gasteiger partial charge < -0.3 is 19.7 Å². The topological polar surface area (TPSA) is 88.2 Å². The van der Waals surface area contributed by atoms with Crippen molar-refractivity contribution in [1.82, 2.24) is 10.2 Å². The van der Waals surface area contributed by atoms with Gasteiger partial charge in [-0.05, 0) is 44.6 Å². The highest BCUT2D eigenvalue weighted by molar-refractivity contribution is 7.98. The molecule has 0 aromatic heterocycles. The minimum absolute atomic E-state index is 0.0366. The lowest BCUT2D eigenvalue weighted by Crippen LogP contribution is -2.51. The molecule has 0 unspecified atom stereocenters. The quantitative estimate of drug-likeness (QED) is 0.504. The number of hydrogen-bond acceptors (Lipinski definition) is 6. The molecule has 3 atom stereocenters. The van der Waals surface area contributed by atoms with Gasteiger partial charge in [0.2, 0.25) is 5.91 Å². The van der Waals surface area contributed by atoms with Gasteiger partial charge in [0.15, 0.2) is 12.2 Å². The molecule has 0 saturated carbocycles. The van der Waals surface area contributed by atoms with Crippen molar-refractivity contribution in [3.8, 4) is 0 Å². The Morgan fingerprint density at radius 3 is 2.58 bits per heavy atom. The van der Waals surface area contributed by atoms with Crippen LogP contribution in [0.5, 0.6) is 0 Å². The van der Waals surface area contributed by atoms with Crippen molar-refractivity contribution >= 4 is 29.5 Å². The zero-order valence-electron chi connectivity index (χ0n) is 14.3. The highest BCUT2D eigenvalue weighted by Crippen LogP contribution is 2.24. The predicted octanol–water partition coefficient (Wildman–Crippen LogP) is 0.567. The molecule has 2 fully saturated rings. The number of carbonyl (C=O) groups is 3. The first-order valence-electron chi connectivity index (χ1n) is 8.48. The number of thioether (sulfide) groups is 1. The second-order valence-electron chi connectivity index (χ2n) is 5.96. The normalized spacial score (nSPS) is 24.2. The van der Waals surface area contributed by atoms with Crippen molar-refractivity contribution < 1.29 is 23.9 Å². The standard InChI is InChI=1S/C16H26N2O5S/c1-3-22-16(21)13-12(23-13)14(19)17-11(7-10-24-2)15(20)18-8-5-4-6-9-18/h11-13H,3-10H2,1-2H3,(H,17,19)/t11-,12-,13-/m0/s1. The maximum absolute atomic E-state index is 12.7. The first-order valence-corrected chi connectivity index (χ1v) is 9.88. The van der Waals surface area contributed by atoms with Crippen LogP contribution in [0, 0.1) is 0 Å². The smallest absolute Gasteiger partial charge is 0.338 e. The highest BCUT2D eigenvalue weighted by Gasteiger charge is 2.52. The molecule has 7 nitrogen and oxygen atoms in total. The van der Waals surface area contributed by atoms with E-state index in [0.717, 1.165) is 38.1 Å². The van der Waals surface area contributed by atoms with Gasteiger partial charge in [0.25, 0.3) is 5.91 Å². The zero-order valence-corrected chi connectivity index (χ0v) is 15.1. The van der Waals surface area contributed by atoms with Crippen LogP contribution in [0.2, 0.25) is 0 Å². The van der Waals surface area contributed by atoms with E-state index < -0.39 is 30.1 Å². The summed E-state index contributed by atoms with van der Waals surface area (Å²) in [5.74, 6) is -0.201. The van der Waals surface area contributed by atoms with E-state index in [0.29, 0.717) is 6.42 Å². The van der Waals surface area contributed by atoms with E-state index in [4.69, 9.17) is 9.47 Å². The molecule has 2 rings (SSSR count). The highest BCUT2D eigenvalue weighted by atomic mass is 32.2. The molecular formula is C16H26N2O5S. The van der Waals surface area contributed by atoms with Crippen molar-refractivity contribution in [3.63, 3.8) is 0 Å². The number of piperidine rings is 1. The average Bonchev–Trinajstić information content (AvgIpc) is 3.40. The third kappa shape index (κ3) is 5.11. The Kier molecular flexibility index (Phi) is 7.36. The Bertz CT molecular complexity index is 467. The Morgan fingerprint density at radius 2 is 1.96 bits per heavy atom. The first kappa shape index (κ1) is 19.1. The molecule has 1 N–H and O–H groups in total. The summed E-state index contributed by atoms with van der Waals surface area (Å²) in [4.78, 5) is 38.3. The fourth-order valence-electron chi connectivity index (χ4n) is 2.80. The minimum atomic E-state index is -0.838. The van der Waals surface area contributed by atoms with E-state index in [1.165, 1.54) is 0 Å². The Hall–Kier alpha value is -1.28. The molecule has 2 heterocycles. The SMILES string of the molecule is CCOC(=O)[C@H]1O[C@@H]1C(=O)N[C@@H](CCSC)C(=O)N1CCCCC1. The van der Waals surface area contributed by atoms with Crippen LogP contribution in [0.3, 0.4) is 0 Å². The van der Waals surface area contributed by atoms with Crippen molar-refractivity contribution in [2.45, 2.75) is 50.9 Å². The van der Waals surface area contributed by atoms with Gasteiger partial charge in [-0.15, -0.1) is 0 Å². The average molecular weight is 358 g/mol. The molecule has 0 radical (unpaired) electrons. The number of carbonyl (C=O) groups excluding carboxylic acids is 3. The monoisotopic (exact) mass is 358 g/mol. The van der Waals surface area contributed by atoms with Crippen molar-refractivity contribution in [2.24, 2.45) is 0 Å². The number of esters is 1. The van der Waals surface area contributed by atoms with Crippen LogP contribution in [0.25, 0.3) is 0 Å². The lowest BCUT2D eigenvalue weighted by atomic mass is 10.1. The molecule has 8 heteroatoms. The molecule has 0 aromatic carbocycles. The number of epoxide rings is 1. The maximum Gasteiger partial charge on any atom is 0.338 e. The molecule has 2 saturated heterocycles. The van der Waals surface area contributed by atoms with Gasteiger partial charge in [-0.3, -0.25) is 9.59 Å². The largest absolute Gasteiger partial charge is 0.464 e. The summed E-state index contributed by atoms with van der Waals surface area (Å²) in [6.45, 7) is 3.44. The summed E-state index contributed by atoms with van der Waals surface area (Å²) in [6, 6.07) is -0.560. The maximum atomic E-state index is 12.7. The van der Waals surface area contributed by atoms with E-state index >= 15 is 0 Å². The molecule has 136 valence electrons. The zero-order chi connectivity index (χ0) is 17.5. The molecule has 0 aromatic rings. The van der Waals surface area contributed by atoms with Crippen LogP contribution in [0.4, 0.5) is 0 Å². The Labute approximate surface area is 146 Å². The van der Waals surface area contributed by atoms with Crippen molar-refractivity contribution in [3.05, 3.63) is 0 Å². The van der Waals surface area contributed by atoms with Crippen LogP contribution >= 0.6 is 11.8 Å². The number of ether oxygens (including phenoxy) is 2. The third-order valence-electron chi connectivity index (χ3n) is 4.16. The fourth-order valence-corrected chi connectivity index (χ4v) is 3.27. The lowest BCUT2D eigenvalue weighted by Gasteiger charge is -2.30. The fraction of sp³-hybridized carbons (Fsp3) is 0.812. The van der Waals surface area contributed by atoms with Crippen molar-refractivity contribution in [1.29, 1.82) is 0 Å². The van der Waals surface area contributed by atoms with Gasteiger partial charge >= 0.3 is 5.97 Å². The van der Waals surface area contributed by atoms with Crippen LogP contribution in [-0.4, -0.2) is 72.6 Å². The van der Waals surface area contributed by atoms with Crippen LogP contribution in [0.15, 0.2) is 0 Å². The number of likely N-dealkylation sites (tertiary alicyclic amines) is 1. The summed E-state index contributed by atoms with van der Waals surface area (Å²) in [5.41, 5.74) is 0. The summed E-state index contributed by atoms with van der Waals surface area (Å²) in [7, 11) is 0. The summed E-state index contributed by atoms with van der Waals surface area (Å²) < 4.78 is 9.94. The van der Waals surface area contributed by atoms with Gasteiger partial charge in [0.1, 0.15) is 6.04 Å². The molecule has 2 amide bonds. The Balaban J connectivity index is 1.89. The van der Waals surface area contributed by atoms with E-state index in [2.05, 4.69) is 5.32 Å². The van der Waals surface area contributed by atoms with Gasteiger partial charge in [-0.1, -0.05) is 0 Å². The van der Waals surface area contributed by atoms with Gasteiger partial charge in [0.05, 0.1) is 6.61 Å². The van der Waals surface area contributed by atoms with E-state index in [1.807, 2.05) is 11.2 Å². The molecule has 2 aliphatic rings. The number of rotatable bonds is 8. The van der Waals surface area contributed by atoms with Crippen LogP contribution in [0.1, 0.15) is 32.6 Å². The predicted molar refractivity (Wildman–Crippen MR) is 90.7 cm³/mol. The number of amides is 2. The van der Waals surface area contributed by atoms with Crippen molar-refractivity contribution in [2.75, 3.05) is 31.7 Å². The van der Waals surface area contributed by atoms with Crippen LogP contribution in [-0.2, 0) is 23.9 Å². The number of hydrogen-bond donors (Lipinski definition) is 1. The lowest BCUT2D eigenvalue weighted by molar-refractivity contribution is -0.144. The van der Waals surface area contributed by atoms with Gasteiger partial charge in [-0.25, -0.2) is 4.79 Å². The van der Waals surface area contributed by atoms with Gasteiger partial charge in [-0.2, -0.15) is 11.8 Å². The molecule has 0 aliphatic carbocycles. The van der Waals surface area contributed by atoms with E-state index in [9.17, 15) is 14.4 Å². The first-order chi connectivity index (χ1) is 11.6. The Morgan fingerprint density at radius 1 is 1.25 bits per heavy atom. The molecule has 2 aliphatic heterocycles. The third-order valence-corrected chi connectivity index (χ3v) is 4.81. The van der Waals surface area contributed by atoms with E-state index in [1.54, 1.807) is 18.7 Å².